The van der Waals surface area contributed by atoms with Gasteiger partial charge in [-0.15, -0.1) is 0 Å². The van der Waals surface area contributed by atoms with Crippen LogP contribution in [0.2, 0.25) is 0 Å². The molecule has 0 aromatic carbocycles. The molecule has 9 unspecified atom stereocenters. The first kappa shape index (κ1) is 80.1. The topological polar surface area (TPSA) is 0 Å². The first-order valence-corrected chi connectivity index (χ1v) is 38.9. The Morgan fingerprint density at radius 3 is 0.988 bits per heavy atom. The SMILES string of the molecule is CC(C)(C)C1CCC1.CC1C(C)C(C)C1C.CC1CC(C(C)C)C1.CC1CC(C)[C@@H](C)C1.CC1CCC(C)(C)CC1.CC1CCC(C)C1C.CC1CCCC(C)C1C.CCC(C)C1CCC1.C[C@@H]1CCCCC1(C)C.C[C@H]1CC2CCC1(C)C2. The average Bonchev–Trinajstić information content (AvgIpc) is 4.12. The van der Waals surface area contributed by atoms with Crippen molar-refractivity contribution in [1.82, 2.24) is 0 Å². The summed E-state index contributed by atoms with van der Waals surface area (Å²) >= 11 is 0. The van der Waals surface area contributed by atoms with Gasteiger partial charge in [-0.05, 0) is 241 Å². The zero-order valence-electron chi connectivity index (χ0n) is 64.1. The van der Waals surface area contributed by atoms with Gasteiger partial charge in [-0.2, -0.15) is 0 Å². The van der Waals surface area contributed by atoms with E-state index >= 15 is 0 Å². The standard InChI is InChI=1S/C9H16.3C9H18.6C8H16/c1-7-5-8-3-4-9(7,2)6-8;1-8-4-6-9(2,3)7-5-8;1-8-6-4-5-7-9(8,2)3;1-7-5-4-6-8(2)9(7)3;1-6-4-7(2)8(3)5-6;1-6(2)8-4-7(3)5-8;1-8(2,3)7-5-4-6-7;1-6-4-5-7(2)8(6)3;1-5-6(2)8(4)7(5)3;1-3-7(2)8-5-4-6-8/h7-8H,3-6H2,1-2H3;2*8H,4-7H2,1-3H3;7-9H,4-6H2,1-3H3;2*6-8H,4-5H2,1-3H3;7H,4-6H2,1-3H3;6-8H,4-5H2,1-3H3;5-8H,1-4H3;7-8H,3-6H2,1-2H3/t7-,8?,9?;;8-;;6?,7-,8?;;;;;/m0.1.0...../s1. The Balaban J connectivity index is 0.000000319. The van der Waals surface area contributed by atoms with Crippen molar-refractivity contribution in [2.45, 2.75) is 381 Å². The molecule has 0 saturated heterocycles. The summed E-state index contributed by atoms with van der Waals surface area (Å²) < 4.78 is 0. The molecule has 0 nitrogen and oxygen atoms in total. The Labute approximate surface area is 535 Å². The Morgan fingerprint density at radius 1 is 0.369 bits per heavy atom. The van der Waals surface area contributed by atoms with Crippen molar-refractivity contribution >= 4 is 0 Å². The van der Waals surface area contributed by atoms with E-state index in [-0.39, 0.29) is 0 Å². The summed E-state index contributed by atoms with van der Waals surface area (Å²) in [5, 5.41) is 0. The van der Waals surface area contributed by atoms with Gasteiger partial charge in [-0.3, -0.25) is 0 Å². The van der Waals surface area contributed by atoms with E-state index < -0.39 is 0 Å². The molecule has 12 atom stereocenters. The quantitative estimate of drug-likeness (QED) is 0.264. The average molecular weight is 1180 g/mol. The van der Waals surface area contributed by atoms with Crippen LogP contribution in [0, 0.1) is 158 Å². The van der Waals surface area contributed by atoms with Crippen LogP contribution in [0.25, 0.3) is 0 Å². The summed E-state index contributed by atoms with van der Waals surface area (Å²) in [6.45, 7) is 68.8. The second kappa shape index (κ2) is 38.1. The lowest BCUT2D eigenvalue weighted by Crippen LogP contribution is -2.39. The fourth-order valence-corrected chi connectivity index (χ4v) is 17.2. The highest BCUT2D eigenvalue weighted by Gasteiger charge is 2.46. The van der Waals surface area contributed by atoms with Gasteiger partial charge in [0.05, 0.1) is 0 Å². The molecule has 11 aliphatic rings. The summed E-state index contributed by atoms with van der Waals surface area (Å²) in [5.74, 6) is 23.0. The van der Waals surface area contributed by atoms with Gasteiger partial charge < -0.3 is 0 Å². The minimum absolute atomic E-state index is 0.595. The highest BCUT2D eigenvalue weighted by Crippen LogP contribution is 2.57. The molecule has 0 radical (unpaired) electrons. The lowest BCUT2D eigenvalue weighted by Gasteiger charge is -2.45. The predicted octanol–water partition coefficient (Wildman–Crippen LogP) is 28.6. The summed E-state index contributed by atoms with van der Waals surface area (Å²) in [6.07, 6.45) is 41.2. The predicted molar refractivity (Wildman–Crippen MR) is 384 cm³/mol. The van der Waals surface area contributed by atoms with Crippen LogP contribution in [0.5, 0.6) is 0 Å². The summed E-state index contributed by atoms with van der Waals surface area (Å²) in [4.78, 5) is 0. The Morgan fingerprint density at radius 2 is 0.798 bits per heavy atom. The van der Waals surface area contributed by atoms with Crippen molar-refractivity contribution in [3.63, 3.8) is 0 Å². The molecule has 11 rings (SSSR count). The highest BCUT2D eigenvalue weighted by atomic mass is 14.5. The molecule has 2 bridgehead atoms. The molecule has 0 aliphatic heterocycles. The number of hydrogen-bond acceptors (Lipinski definition) is 0. The van der Waals surface area contributed by atoms with Crippen molar-refractivity contribution in [1.29, 1.82) is 0 Å². The monoisotopic (exact) mass is 1180 g/mol. The second-order valence-electron chi connectivity index (χ2n) is 37.6. The first-order valence-electron chi connectivity index (χ1n) is 38.9. The van der Waals surface area contributed by atoms with Gasteiger partial charge in [0.25, 0.3) is 0 Å². The van der Waals surface area contributed by atoms with Crippen molar-refractivity contribution in [2.75, 3.05) is 0 Å². The van der Waals surface area contributed by atoms with Crippen molar-refractivity contribution in [3.05, 3.63) is 0 Å². The third-order valence-electron chi connectivity index (χ3n) is 28.5. The van der Waals surface area contributed by atoms with E-state index in [2.05, 4.69) is 201 Å². The van der Waals surface area contributed by atoms with Crippen molar-refractivity contribution < 1.29 is 0 Å². The zero-order valence-corrected chi connectivity index (χ0v) is 64.1. The lowest BCUT2D eigenvalue weighted by atomic mass is 9.60. The van der Waals surface area contributed by atoms with E-state index in [9.17, 15) is 0 Å². The van der Waals surface area contributed by atoms with E-state index in [4.69, 9.17) is 0 Å². The molecule has 11 fully saturated rings. The van der Waals surface area contributed by atoms with Crippen LogP contribution in [0.15, 0.2) is 0 Å². The van der Waals surface area contributed by atoms with Gasteiger partial charge in [0.2, 0.25) is 0 Å². The molecule has 0 N–H and O–H groups in total. The van der Waals surface area contributed by atoms with Gasteiger partial charge in [0, 0.05) is 0 Å². The molecular weight excluding hydrogens is 1010 g/mol. The maximum Gasteiger partial charge on any atom is -0.0297 e. The number of hydrogen-bond donors (Lipinski definition) is 0. The van der Waals surface area contributed by atoms with Crippen molar-refractivity contribution in [2.24, 2.45) is 158 Å². The molecule has 0 heteroatoms. The summed E-state index contributed by atoms with van der Waals surface area (Å²) in [6, 6.07) is 0. The number of rotatable bonds is 3. The number of fused-ring (bicyclic) bond motifs is 2. The van der Waals surface area contributed by atoms with Gasteiger partial charge in [-0.25, -0.2) is 0 Å². The van der Waals surface area contributed by atoms with Crippen molar-refractivity contribution in [3.8, 4) is 0 Å². The first-order chi connectivity index (χ1) is 38.9. The van der Waals surface area contributed by atoms with Crippen LogP contribution < -0.4 is 0 Å². The van der Waals surface area contributed by atoms with E-state index in [0.29, 0.717) is 16.2 Å². The van der Waals surface area contributed by atoms with Gasteiger partial charge in [-0.1, -0.05) is 297 Å². The Kier molecular flexibility index (Phi) is 36.3. The maximum absolute atomic E-state index is 2.48. The lowest BCUT2D eigenvalue weighted by molar-refractivity contribution is 0.0302. The summed E-state index contributed by atoms with van der Waals surface area (Å²) in [5.41, 5.74) is 2.66. The molecule has 0 amide bonds. The van der Waals surface area contributed by atoms with Crippen LogP contribution in [0.1, 0.15) is 381 Å². The molecule has 11 saturated carbocycles. The van der Waals surface area contributed by atoms with Crippen LogP contribution >= 0.6 is 0 Å². The van der Waals surface area contributed by atoms with Crippen LogP contribution in [0.3, 0.4) is 0 Å². The van der Waals surface area contributed by atoms with Crippen LogP contribution in [-0.4, -0.2) is 0 Å². The normalized spacial score (nSPS) is 40.1. The Bertz CT molecular complexity index is 1550. The minimum atomic E-state index is 0.595. The van der Waals surface area contributed by atoms with E-state index in [0.717, 1.165) is 142 Å². The van der Waals surface area contributed by atoms with Gasteiger partial charge >= 0.3 is 0 Å². The molecule has 0 spiro atoms. The van der Waals surface area contributed by atoms with E-state index in [1.165, 1.54) is 180 Å². The van der Waals surface area contributed by atoms with E-state index in [1.807, 2.05) is 0 Å². The van der Waals surface area contributed by atoms with E-state index in [1.54, 1.807) is 0 Å². The largest absolute Gasteiger partial charge is 0.0651 e. The fourth-order valence-electron chi connectivity index (χ4n) is 17.2. The fraction of sp³-hybridized carbons (Fsp3) is 1.00. The van der Waals surface area contributed by atoms with Gasteiger partial charge in [0.15, 0.2) is 0 Å². The molecule has 0 aromatic heterocycles. The smallest absolute Gasteiger partial charge is 0.0297 e. The Hall–Kier alpha value is 0. The third kappa shape index (κ3) is 28.3. The van der Waals surface area contributed by atoms with Crippen LogP contribution in [-0.2, 0) is 0 Å². The molecular formula is C84H166. The maximum atomic E-state index is 2.48. The molecule has 0 aromatic rings. The zero-order chi connectivity index (χ0) is 64.1. The molecule has 502 valence electrons. The third-order valence-corrected chi connectivity index (χ3v) is 28.5. The molecule has 84 heavy (non-hydrogen) atoms. The van der Waals surface area contributed by atoms with Crippen LogP contribution in [0.4, 0.5) is 0 Å². The molecule has 11 aliphatic carbocycles. The van der Waals surface area contributed by atoms with Gasteiger partial charge in [0.1, 0.15) is 0 Å². The molecule has 0 heterocycles. The minimum Gasteiger partial charge on any atom is -0.0651 e. The highest BCUT2D eigenvalue weighted by molar-refractivity contribution is 4.97. The second-order valence-corrected chi connectivity index (χ2v) is 37.6. The summed E-state index contributed by atoms with van der Waals surface area (Å²) in [7, 11) is 0.